The maximum absolute atomic E-state index is 13.5. The summed E-state index contributed by atoms with van der Waals surface area (Å²) in [6.07, 6.45) is 0.706. The van der Waals surface area contributed by atoms with Gasteiger partial charge in [-0.05, 0) is 70.0 Å². The Balaban J connectivity index is 1.63. The lowest BCUT2D eigenvalue weighted by atomic mass is 10.1. The lowest BCUT2D eigenvalue weighted by Crippen LogP contribution is -2.32. The number of aromatic nitrogens is 3. The second-order valence-corrected chi connectivity index (χ2v) is 10.0. The highest BCUT2D eigenvalue weighted by molar-refractivity contribution is 5.83. The van der Waals surface area contributed by atoms with E-state index in [1.807, 2.05) is 0 Å². The Hall–Kier alpha value is -4.54. The second kappa shape index (κ2) is 11.5. The standard InChI is InChI=1S/C28H29FN4O6/c1-28(2,3)38-27(37)30-16-20-15-22(32-39-20)17-8-13-21-23(14-17)31-24(6-4-5-7-25(34)35)33(26(21)36)19-11-9-18(29)10-12-19/h8-15H,4-7,16H2,1-3H3,(H,30,37)(H,34,35). The monoisotopic (exact) mass is 536 g/mol. The second-order valence-electron chi connectivity index (χ2n) is 10.0. The van der Waals surface area contributed by atoms with Crippen LogP contribution < -0.4 is 10.9 Å². The summed E-state index contributed by atoms with van der Waals surface area (Å²) in [6, 6.07) is 12.3. The van der Waals surface area contributed by atoms with E-state index in [0.29, 0.717) is 58.7 Å². The van der Waals surface area contributed by atoms with E-state index in [9.17, 15) is 18.8 Å². The number of carboxylic acid groups (broad SMARTS) is 1. The average molecular weight is 537 g/mol. The Morgan fingerprint density at radius 1 is 1.10 bits per heavy atom. The minimum absolute atomic E-state index is 0.00971. The van der Waals surface area contributed by atoms with Crippen molar-refractivity contribution in [3.8, 4) is 16.9 Å². The molecule has 4 rings (SSSR count). The van der Waals surface area contributed by atoms with Gasteiger partial charge < -0.3 is 19.7 Å². The predicted molar refractivity (Wildman–Crippen MR) is 141 cm³/mol. The summed E-state index contributed by atoms with van der Waals surface area (Å²) in [6.45, 7) is 5.38. The van der Waals surface area contributed by atoms with E-state index in [-0.39, 0.29) is 18.5 Å². The van der Waals surface area contributed by atoms with Crippen LogP contribution in [0.15, 0.2) is 57.8 Å². The van der Waals surface area contributed by atoms with Crippen LogP contribution in [0.2, 0.25) is 0 Å². The third-order valence-corrected chi connectivity index (χ3v) is 5.73. The summed E-state index contributed by atoms with van der Waals surface area (Å²) in [5, 5.41) is 16.0. The van der Waals surface area contributed by atoms with E-state index >= 15 is 0 Å². The van der Waals surface area contributed by atoms with E-state index in [4.69, 9.17) is 19.4 Å². The van der Waals surface area contributed by atoms with Crippen molar-refractivity contribution in [1.29, 1.82) is 0 Å². The molecule has 0 aliphatic rings. The number of aryl methyl sites for hydroxylation is 1. The number of carbonyl (C=O) groups is 2. The number of hydrogen-bond donors (Lipinski definition) is 2. The van der Waals surface area contributed by atoms with Crippen LogP contribution in [0.5, 0.6) is 0 Å². The van der Waals surface area contributed by atoms with Gasteiger partial charge >= 0.3 is 12.1 Å². The number of unbranched alkanes of at least 4 members (excludes halogenated alkanes) is 1. The third kappa shape index (κ3) is 7.07. The normalized spacial score (nSPS) is 11.5. The fourth-order valence-corrected chi connectivity index (χ4v) is 3.98. The highest BCUT2D eigenvalue weighted by Gasteiger charge is 2.18. The van der Waals surface area contributed by atoms with Gasteiger partial charge in [0.2, 0.25) is 0 Å². The highest BCUT2D eigenvalue weighted by Crippen LogP contribution is 2.24. The minimum Gasteiger partial charge on any atom is -0.481 e. The van der Waals surface area contributed by atoms with E-state index in [1.54, 1.807) is 45.0 Å². The molecule has 204 valence electrons. The molecule has 0 saturated carbocycles. The van der Waals surface area contributed by atoms with Crippen LogP contribution in [-0.4, -0.2) is 37.5 Å². The van der Waals surface area contributed by atoms with Gasteiger partial charge in [-0.1, -0.05) is 11.2 Å². The largest absolute Gasteiger partial charge is 0.481 e. The van der Waals surface area contributed by atoms with Gasteiger partial charge in [-0.3, -0.25) is 14.2 Å². The van der Waals surface area contributed by atoms with Crippen LogP contribution in [0, 0.1) is 5.82 Å². The minimum atomic E-state index is -0.893. The lowest BCUT2D eigenvalue weighted by molar-refractivity contribution is -0.137. The number of aliphatic carboxylic acids is 1. The number of carboxylic acids is 1. The number of halogens is 1. The summed E-state index contributed by atoms with van der Waals surface area (Å²) in [5.74, 6) is -0.476. The third-order valence-electron chi connectivity index (χ3n) is 5.73. The van der Waals surface area contributed by atoms with E-state index in [0.717, 1.165) is 0 Å². The zero-order valence-electron chi connectivity index (χ0n) is 21.9. The van der Waals surface area contributed by atoms with Gasteiger partial charge in [0.1, 0.15) is 22.9 Å². The maximum Gasteiger partial charge on any atom is 0.408 e. The van der Waals surface area contributed by atoms with E-state index in [2.05, 4.69) is 10.5 Å². The molecule has 1 amide bonds. The quantitative estimate of drug-likeness (QED) is 0.285. The number of hydrogen-bond acceptors (Lipinski definition) is 7. The molecule has 39 heavy (non-hydrogen) atoms. The Kier molecular flexibility index (Phi) is 8.08. The molecule has 0 unspecified atom stereocenters. The first-order valence-corrected chi connectivity index (χ1v) is 12.5. The van der Waals surface area contributed by atoms with Gasteiger partial charge in [-0.25, -0.2) is 14.2 Å². The lowest BCUT2D eigenvalue weighted by Gasteiger charge is -2.19. The summed E-state index contributed by atoms with van der Waals surface area (Å²) in [4.78, 5) is 41.1. The molecule has 10 nitrogen and oxygen atoms in total. The molecule has 0 aliphatic carbocycles. The number of alkyl carbamates (subject to hydrolysis) is 1. The Morgan fingerprint density at radius 3 is 2.54 bits per heavy atom. The van der Waals surface area contributed by atoms with E-state index in [1.165, 1.54) is 28.8 Å². The number of benzene rings is 2. The van der Waals surface area contributed by atoms with Crippen molar-refractivity contribution in [2.45, 2.75) is 58.6 Å². The molecule has 0 bridgehead atoms. The number of amides is 1. The van der Waals surface area contributed by atoms with Crippen LogP contribution in [0.25, 0.3) is 27.8 Å². The van der Waals surface area contributed by atoms with Crippen LogP contribution in [0.4, 0.5) is 9.18 Å². The summed E-state index contributed by atoms with van der Waals surface area (Å²) < 4.78 is 25.5. The summed E-state index contributed by atoms with van der Waals surface area (Å²) in [5.41, 5.74) is 1.09. The first kappa shape index (κ1) is 27.5. The molecule has 11 heteroatoms. The first-order valence-electron chi connectivity index (χ1n) is 12.5. The molecule has 0 fully saturated rings. The zero-order chi connectivity index (χ0) is 28.2. The highest BCUT2D eigenvalue weighted by atomic mass is 19.1. The van der Waals surface area contributed by atoms with Crippen molar-refractivity contribution in [2.75, 3.05) is 0 Å². The molecule has 2 aromatic carbocycles. The number of ether oxygens (including phenoxy) is 1. The smallest absolute Gasteiger partial charge is 0.408 e. The van der Waals surface area contributed by atoms with Crippen molar-refractivity contribution in [3.05, 3.63) is 76.3 Å². The molecule has 0 aliphatic heterocycles. The SMILES string of the molecule is CC(C)(C)OC(=O)NCc1cc(-c2ccc3c(=O)n(-c4ccc(F)cc4)c(CCCCC(=O)O)nc3c2)no1. The Bertz CT molecular complexity index is 1550. The molecule has 2 aromatic heterocycles. The van der Waals surface area contributed by atoms with Gasteiger partial charge in [0.05, 0.1) is 23.1 Å². The number of fused-ring (bicyclic) bond motifs is 1. The van der Waals surface area contributed by atoms with Gasteiger partial charge in [-0.2, -0.15) is 0 Å². The van der Waals surface area contributed by atoms with Gasteiger partial charge in [0.25, 0.3) is 5.56 Å². The predicted octanol–water partition coefficient (Wildman–Crippen LogP) is 5.00. The van der Waals surface area contributed by atoms with Crippen molar-refractivity contribution in [2.24, 2.45) is 0 Å². The van der Waals surface area contributed by atoms with Crippen molar-refractivity contribution < 1.29 is 28.3 Å². The molecule has 0 saturated heterocycles. The van der Waals surface area contributed by atoms with Crippen LogP contribution in [0.1, 0.15) is 51.6 Å². The van der Waals surface area contributed by atoms with Crippen LogP contribution >= 0.6 is 0 Å². The molecule has 2 heterocycles. The summed E-state index contributed by atoms with van der Waals surface area (Å²) >= 11 is 0. The Morgan fingerprint density at radius 2 is 1.85 bits per heavy atom. The number of rotatable bonds is 9. The maximum atomic E-state index is 13.5. The topological polar surface area (TPSA) is 137 Å². The molecule has 0 radical (unpaired) electrons. The van der Waals surface area contributed by atoms with Crippen LogP contribution in [-0.2, 0) is 22.5 Å². The fraction of sp³-hybridized carbons (Fsp3) is 0.321. The number of carbonyl (C=O) groups excluding carboxylic acids is 1. The summed E-state index contributed by atoms with van der Waals surface area (Å²) in [7, 11) is 0. The molecular formula is C28H29FN4O6. The Labute approximate surface area is 223 Å². The van der Waals surface area contributed by atoms with Crippen LogP contribution in [0.3, 0.4) is 0 Å². The van der Waals surface area contributed by atoms with Crippen molar-refractivity contribution in [3.63, 3.8) is 0 Å². The molecule has 0 spiro atoms. The van der Waals surface area contributed by atoms with Gasteiger partial charge in [0.15, 0.2) is 5.76 Å². The first-order chi connectivity index (χ1) is 18.5. The zero-order valence-corrected chi connectivity index (χ0v) is 21.9. The molecule has 2 N–H and O–H groups in total. The molecule has 4 aromatic rings. The molecule has 0 atom stereocenters. The fourth-order valence-electron chi connectivity index (χ4n) is 3.98. The van der Waals surface area contributed by atoms with Gasteiger partial charge in [-0.15, -0.1) is 0 Å². The number of nitrogens with one attached hydrogen (secondary N) is 1. The van der Waals surface area contributed by atoms with Crippen molar-refractivity contribution in [1.82, 2.24) is 20.0 Å². The average Bonchev–Trinajstić information content (AvgIpc) is 3.34. The van der Waals surface area contributed by atoms with E-state index < -0.39 is 23.5 Å². The van der Waals surface area contributed by atoms with Crippen molar-refractivity contribution >= 4 is 23.0 Å². The number of nitrogens with zero attached hydrogens (tertiary/aromatic N) is 3. The van der Waals surface area contributed by atoms with Gasteiger partial charge in [0, 0.05) is 24.5 Å². The molecular weight excluding hydrogens is 507 g/mol.